The molecule has 0 N–H and O–H groups in total. The van der Waals surface area contributed by atoms with Crippen LogP contribution >= 0.6 is 0 Å². The van der Waals surface area contributed by atoms with Gasteiger partial charge < -0.3 is 4.74 Å². The molecule has 1 aliphatic heterocycles. The molecule has 154 valence electrons. The number of ketones is 1. The lowest BCUT2D eigenvalue weighted by atomic mass is 9.82. The van der Waals surface area contributed by atoms with E-state index in [9.17, 15) is 14.4 Å². The largest absolute Gasteiger partial charge is 0.485 e. The number of benzene rings is 2. The van der Waals surface area contributed by atoms with E-state index in [1.165, 1.54) is 4.90 Å². The number of amides is 2. The Morgan fingerprint density at radius 3 is 2.53 bits per heavy atom. The summed E-state index contributed by atoms with van der Waals surface area (Å²) in [4.78, 5) is 39.5. The van der Waals surface area contributed by atoms with Crippen molar-refractivity contribution >= 4 is 23.3 Å². The van der Waals surface area contributed by atoms with Gasteiger partial charge in [-0.05, 0) is 62.9 Å². The lowest BCUT2D eigenvalue weighted by Crippen LogP contribution is -2.30. The molecule has 1 saturated heterocycles. The quantitative estimate of drug-likeness (QED) is 0.421. The third kappa shape index (κ3) is 3.67. The highest BCUT2D eigenvalue weighted by Gasteiger charge is 2.48. The van der Waals surface area contributed by atoms with E-state index in [0.717, 1.165) is 16.7 Å². The van der Waals surface area contributed by atoms with Gasteiger partial charge in [-0.1, -0.05) is 29.8 Å². The minimum Gasteiger partial charge on any atom is -0.485 e. The lowest BCUT2D eigenvalue weighted by molar-refractivity contribution is -0.122. The van der Waals surface area contributed by atoms with Gasteiger partial charge in [-0.2, -0.15) is 0 Å². The normalized spacial score (nSPS) is 20.8. The van der Waals surface area contributed by atoms with Crippen molar-refractivity contribution in [3.05, 3.63) is 70.8 Å². The molecule has 2 atom stereocenters. The smallest absolute Gasteiger partial charge is 0.238 e. The summed E-state index contributed by atoms with van der Waals surface area (Å²) in [6.07, 6.45) is 3.29. The Labute approximate surface area is 176 Å². The van der Waals surface area contributed by atoms with E-state index in [-0.39, 0.29) is 36.0 Å². The zero-order valence-corrected chi connectivity index (χ0v) is 17.5. The highest BCUT2D eigenvalue weighted by Crippen LogP contribution is 2.40. The Balaban J connectivity index is 1.48. The number of imide groups is 1. The van der Waals surface area contributed by atoms with E-state index in [1.807, 2.05) is 39.0 Å². The molecule has 4 rings (SSSR count). The number of aryl methyl sites for hydroxylation is 2. The molecule has 5 nitrogen and oxygen atoms in total. The summed E-state index contributed by atoms with van der Waals surface area (Å²) in [6.45, 7) is 5.86. The van der Waals surface area contributed by atoms with Gasteiger partial charge in [0, 0.05) is 11.6 Å². The van der Waals surface area contributed by atoms with Crippen LogP contribution in [0.2, 0.25) is 0 Å². The molecule has 1 aliphatic carbocycles. The predicted octanol–water partition coefficient (Wildman–Crippen LogP) is 4.41. The van der Waals surface area contributed by atoms with Gasteiger partial charge in [-0.15, -0.1) is 0 Å². The van der Waals surface area contributed by atoms with Crippen molar-refractivity contribution in [2.75, 3.05) is 11.5 Å². The molecule has 0 unspecified atom stereocenters. The number of carbonyl (C=O) groups excluding carboxylic acids is 3. The second-order valence-electron chi connectivity index (χ2n) is 8.22. The van der Waals surface area contributed by atoms with Crippen molar-refractivity contribution in [1.29, 1.82) is 0 Å². The zero-order chi connectivity index (χ0) is 21.4. The van der Waals surface area contributed by atoms with Crippen LogP contribution in [0.4, 0.5) is 5.69 Å². The maximum atomic E-state index is 12.9. The van der Waals surface area contributed by atoms with Crippen molar-refractivity contribution in [3.63, 3.8) is 0 Å². The first-order valence-electron chi connectivity index (χ1n) is 10.2. The Hall–Kier alpha value is -3.21. The van der Waals surface area contributed by atoms with Gasteiger partial charge in [0.25, 0.3) is 0 Å². The van der Waals surface area contributed by atoms with Crippen molar-refractivity contribution in [2.24, 2.45) is 11.8 Å². The molecule has 1 heterocycles. The van der Waals surface area contributed by atoms with Crippen molar-refractivity contribution in [1.82, 2.24) is 0 Å². The van der Waals surface area contributed by atoms with Gasteiger partial charge in [-0.25, -0.2) is 4.90 Å². The van der Waals surface area contributed by atoms with Crippen LogP contribution in [0.1, 0.15) is 41.3 Å². The van der Waals surface area contributed by atoms with E-state index in [2.05, 4.69) is 0 Å². The molecule has 1 fully saturated rings. The highest BCUT2D eigenvalue weighted by molar-refractivity contribution is 6.22. The molecule has 0 aromatic heterocycles. The number of hydrogen-bond donors (Lipinski definition) is 0. The van der Waals surface area contributed by atoms with E-state index in [4.69, 9.17) is 4.74 Å². The van der Waals surface area contributed by atoms with Crippen LogP contribution in [0, 0.1) is 25.7 Å². The summed E-state index contributed by atoms with van der Waals surface area (Å²) < 4.78 is 5.69. The maximum absolute atomic E-state index is 12.9. The van der Waals surface area contributed by atoms with Gasteiger partial charge >= 0.3 is 0 Å². The fourth-order valence-electron chi connectivity index (χ4n) is 4.15. The summed E-state index contributed by atoms with van der Waals surface area (Å²) in [5.41, 5.74) is 4.44. The molecule has 2 aromatic carbocycles. The van der Waals surface area contributed by atoms with Gasteiger partial charge in [0.1, 0.15) is 5.75 Å². The number of carbonyl (C=O) groups is 3. The molecule has 2 aromatic rings. The van der Waals surface area contributed by atoms with Crippen molar-refractivity contribution in [2.45, 2.75) is 33.6 Å². The van der Waals surface area contributed by atoms with Gasteiger partial charge in [0.05, 0.1) is 17.5 Å². The van der Waals surface area contributed by atoms with E-state index < -0.39 is 0 Å². The Bertz CT molecular complexity index is 1070. The summed E-state index contributed by atoms with van der Waals surface area (Å²) in [5, 5.41) is 0. The van der Waals surface area contributed by atoms with Gasteiger partial charge in [0.2, 0.25) is 11.8 Å². The second-order valence-corrected chi connectivity index (χ2v) is 8.22. The SMILES string of the molecule is CC1=CC[C@H]2C(=O)N(c3cccc(OCC(=O)c4ccc(C)c(C)c4)c3)C(=O)[C@@H]2C1. The number of ether oxygens (including phenoxy) is 1. The minimum absolute atomic E-state index is 0.109. The third-order valence-corrected chi connectivity index (χ3v) is 6.10. The number of Topliss-reactive ketones (excluding diaryl/α,β-unsaturated/α-hetero) is 1. The van der Waals surface area contributed by atoms with Crippen LogP contribution in [-0.4, -0.2) is 24.2 Å². The first-order chi connectivity index (χ1) is 14.3. The van der Waals surface area contributed by atoms with Crippen LogP contribution in [0.3, 0.4) is 0 Å². The fourth-order valence-corrected chi connectivity index (χ4v) is 4.15. The molecule has 5 heteroatoms. The van der Waals surface area contributed by atoms with Crippen LogP contribution in [-0.2, 0) is 9.59 Å². The van der Waals surface area contributed by atoms with Gasteiger partial charge in [0.15, 0.2) is 12.4 Å². The maximum Gasteiger partial charge on any atom is 0.238 e. The number of nitrogens with zero attached hydrogens (tertiary/aromatic N) is 1. The van der Waals surface area contributed by atoms with Crippen LogP contribution in [0.15, 0.2) is 54.1 Å². The van der Waals surface area contributed by atoms with Crippen molar-refractivity contribution < 1.29 is 19.1 Å². The fraction of sp³-hybridized carbons (Fsp3) is 0.320. The van der Waals surface area contributed by atoms with E-state index in [0.29, 0.717) is 29.8 Å². The van der Waals surface area contributed by atoms with Crippen LogP contribution in [0.5, 0.6) is 5.75 Å². The first-order valence-corrected chi connectivity index (χ1v) is 10.2. The first kappa shape index (κ1) is 20.1. The summed E-state index contributed by atoms with van der Waals surface area (Å²) in [7, 11) is 0. The van der Waals surface area contributed by atoms with Crippen LogP contribution in [0.25, 0.3) is 0 Å². The zero-order valence-electron chi connectivity index (χ0n) is 17.5. The molecule has 2 amide bonds. The molecule has 0 radical (unpaired) electrons. The minimum atomic E-state index is -0.280. The van der Waals surface area contributed by atoms with Crippen LogP contribution < -0.4 is 9.64 Å². The van der Waals surface area contributed by atoms with E-state index in [1.54, 1.807) is 30.3 Å². The topological polar surface area (TPSA) is 63.7 Å². The van der Waals surface area contributed by atoms with E-state index >= 15 is 0 Å². The number of anilines is 1. The summed E-state index contributed by atoms with van der Waals surface area (Å²) >= 11 is 0. The third-order valence-electron chi connectivity index (χ3n) is 6.10. The predicted molar refractivity (Wildman–Crippen MR) is 115 cm³/mol. The average Bonchev–Trinajstić information content (AvgIpc) is 2.98. The Morgan fingerprint density at radius 1 is 1.00 bits per heavy atom. The molecular weight excluding hydrogens is 378 g/mol. The van der Waals surface area contributed by atoms with Gasteiger partial charge in [-0.3, -0.25) is 14.4 Å². The number of hydrogen-bond acceptors (Lipinski definition) is 4. The number of allylic oxidation sites excluding steroid dienone is 2. The number of fused-ring (bicyclic) bond motifs is 1. The van der Waals surface area contributed by atoms with Crippen molar-refractivity contribution in [3.8, 4) is 5.75 Å². The molecule has 30 heavy (non-hydrogen) atoms. The standard InChI is InChI=1S/C25H25NO4/c1-15-7-10-21-22(11-15)25(29)26(24(21)28)19-5-4-6-20(13-19)30-14-23(27)18-9-8-16(2)17(3)12-18/h4-9,12-13,21-22H,10-11,14H2,1-3H3/t21-,22-/m1/s1. The Kier molecular flexibility index (Phi) is 5.29. The molecular formula is C25H25NO4. The molecule has 2 aliphatic rings. The second kappa shape index (κ2) is 7.90. The average molecular weight is 403 g/mol. The highest BCUT2D eigenvalue weighted by atomic mass is 16.5. The number of rotatable bonds is 5. The monoisotopic (exact) mass is 403 g/mol. The summed E-state index contributed by atoms with van der Waals surface area (Å²) in [6, 6.07) is 12.4. The molecule has 0 bridgehead atoms. The molecule has 0 spiro atoms. The Morgan fingerprint density at radius 2 is 1.77 bits per heavy atom. The summed E-state index contributed by atoms with van der Waals surface area (Å²) in [5.74, 6) is -0.535. The lowest BCUT2D eigenvalue weighted by Gasteiger charge is -2.18. The molecule has 0 saturated carbocycles.